The Hall–Kier alpha value is -2.59. The highest BCUT2D eigenvalue weighted by atomic mass is 32.2. The molecule has 0 unspecified atom stereocenters. The fourth-order valence-corrected chi connectivity index (χ4v) is 2.88. The number of ether oxygens (including phenoxy) is 1. The number of carboxylic acids is 1. The molecule has 9 nitrogen and oxygen atoms in total. The van der Waals surface area contributed by atoms with E-state index in [9.17, 15) is 13.2 Å². The molecule has 0 bridgehead atoms. The summed E-state index contributed by atoms with van der Waals surface area (Å²) in [5.74, 6) is -1.11. The van der Waals surface area contributed by atoms with E-state index in [0.29, 0.717) is 6.42 Å². The van der Waals surface area contributed by atoms with Gasteiger partial charge in [-0.25, -0.2) is 9.78 Å². The van der Waals surface area contributed by atoms with Gasteiger partial charge in [0.1, 0.15) is 5.75 Å². The molecule has 2 aromatic rings. The van der Waals surface area contributed by atoms with Crippen molar-refractivity contribution in [1.29, 1.82) is 0 Å². The van der Waals surface area contributed by atoms with Gasteiger partial charge in [0.25, 0.3) is 10.0 Å². The second-order valence-electron chi connectivity index (χ2n) is 4.92. The summed E-state index contributed by atoms with van der Waals surface area (Å²) in [4.78, 5) is 14.8. The standard InChI is InChI=1S/C14H17N3O6S/c1-17-8-13(15-9-17)24(21,22)16-11-4-3-10(14(19)20)7-12(11)23-6-2-5-18/h3-4,7-9,16,18H,2,5-6H2,1H3,(H,19,20). The zero-order valence-corrected chi connectivity index (χ0v) is 13.7. The summed E-state index contributed by atoms with van der Waals surface area (Å²) in [5, 5.41) is 17.7. The molecule has 0 amide bonds. The number of sulfonamides is 1. The predicted molar refractivity (Wildman–Crippen MR) is 84.6 cm³/mol. The quantitative estimate of drug-likeness (QED) is 0.593. The summed E-state index contributed by atoms with van der Waals surface area (Å²) in [6.07, 6.45) is 3.00. The fraction of sp³-hybridized carbons (Fsp3) is 0.286. The molecule has 1 heterocycles. The third-order valence-electron chi connectivity index (χ3n) is 2.99. The van der Waals surface area contributed by atoms with Crippen LogP contribution in [-0.4, -0.2) is 47.4 Å². The number of nitrogens with zero attached hydrogens (tertiary/aromatic N) is 2. The Morgan fingerprint density at radius 3 is 2.75 bits per heavy atom. The fourth-order valence-electron chi connectivity index (χ4n) is 1.83. The molecule has 0 radical (unpaired) electrons. The molecule has 0 aliphatic heterocycles. The van der Waals surface area contributed by atoms with Crippen LogP contribution in [0.5, 0.6) is 5.75 Å². The molecule has 24 heavy (non-hydrogen) atoms. The van der Waals surface area contributed by atoms with Gasteiger partial charge in [-0.05, 0) is 18.2 Å². The van der Waals surface area contributed by atoms with Gasteiger partial charge < -0.3 is 19.5 Å². The topological polar surface area (TPSA) is 131 Å². The van der Waals surface area contributed by atoms with Crippen LogP contribution < -0.4 is 9.46 Å². The van der Waals surface area contributed by atoms with Crippen molar-refractivity contribution in [2.24, 2.45) is 7.05 Å². The maximum atomic E-state index is 12.3. The number of carbonyl (C=O) groups is 1. The first-order valence-electron chi connectivity index (χ1n) is 6.95. The first kappa shape index (κ1) is 17.8. The molecule has 0 fully saturated rings. The van der Waals surface area contributed by atoms with Crippen LogP contribution in [0.1, 0.15) is 16.8 Å². The maximum Gasteiger partial charge on any atom is 0.335 e. The Labute approximate surface area is 138 Å². The molecule has 0 saturated carbocycles. The molecule has 0 aliphatic carbocycles. The largest absolute Gasteiger partial charge is 0.491 e. The number of hydrogen-bond donors (Lipinski definition) is 3. The number of aliphatic hydroxyl groups is 1. The number of aryl methyl sites for hydroxylation is 1. The molecule has 0 aliphatic rings. The molecule has 1 aromatic carbocycles. The molecule has 0 atom stereocenters. The molecule has 130 valence electrons. The lowest BCUT2D eigenvalue weighted by molar-refractivity contribution is 0.0696. The van der Waals surface area contributed by atoms with Crippen molar-refractivity contribution in [2.75, 3.05) is 17.9 Å². The number of benzene rings is 1. The van der Waals surface area contributed by atoms with Crippen molar-refractivity contribution in [2.45, 2.75) is 11.4 Å². The van der Waals surface area contributed by atoms with Crippen molar-refractivity contribution < 1.29 is 28.2 Å². The Kier molecular flexibility index (Phi) is 5.42. The van der Waals surface area contributed by atoms with Crippen LogP contribution in [0.15, 0.2) is 35.7 Å². The minimum atomic E-state index is -3.94. The van der Waals surface area contributed by atoms with Gasteiger partial charge >= 0.3 is 5.97 Å². The lowest BCUT2D eigenvalue weighted by atomic mass is 10.2. The molecular weight excluding hydrogens is 338 g/mol. The smallest absolute Gasteiger partial charge is 0.335 e. The summed E-state index contributed by atoms with van der Waals surface area (Å²) in [6, 6.07) is 3.78. The van der Waals surface area contributed by atoms with Crippen molar-refractivity contribution >= 4 is 21.7 Å². The van der Waals surface area contributed by atoms with E-state index in [-0.39, 0.29) is 35.2 Å². The van der Waals surface area contributed by atoms with Gasteiger partial charge in [-0.3, -0.25) is 4.72 Å². The predicted octanol–water partition coefficient (Wildman–Crippen LogP) is 0.680. The Balaban J connectivity index is 2.32. The first-order valence-corrected chi connectivity index (χ1v) is 8.43. The van der Waals surface area contributed by atoms with E-state index in [1.165, 1.54) is 35.3 Å². The van der Waals surface area contributed by atoms with Gasteiger partial charge in [-0.2, -0.15) is 8.42 Å². The second-order valence-corrected chi connectivity index (χ2v) is 6.55. The SMILES string of the molecule is Cn1cnc(S(=O)(=O)Nc2ccc(C(=O)O)cc2OCCCO)c1. The molecule has 1 aromatic heterocycles. The Morgan fingerprint density at radius 1 is 1.42 bits per heavy atom. The number of hydrogen-bond acceptors (Lipinski definition) is 6. The maximum absolute atomic E-state index is 12.3. The van der Waals surface area contributed by atoms with Crippen LogP contribution >= 0.6 is 0 Å². The lowest BCUT2D eigenvalue weighted by Gasteiger charge is -2.13. The minimum Gasteiger partial charge on any atom is -0.491 e. The number of rotatable bonds is 8. The molecule has 2 rings (SSSR count). The highest BCUT2D eigenvalue weighted by Crippen LogP contribution is 2.28. The highest BCUT2D eigenvalue weighted by Gasteiger charge is 2.20. The number of aromatic carboxylic acids is 1. The van der Waals surface area contributed by atoms with E-state index >= 15 is 0 Å². The minimum absolute atomic E-state index is 0.0465. The van der Waals surface area contributed by atoms with E-state index in [4.69, 9.17) is 14.9 Å². The summed E-state index contributed by atoms with van der Waals surface area (Å²) >= 11 is 0. The van der Waals surface area contributed by atoms with Crippen LogP contribution in [0.4, 0.5) is 5.69 Å². The van der Waals surface area contributed by atoms with Crippen LogP contribution in [0.3, 0.4) is 0 Å². The Bertz CT molecular complexity index is 831. The average molecular weight is 355 g/mol. The molecule has 0 spiro atoms. The summed E-state index contributed by atoms with van der Waals surface area (Å²) in [5.41, 5.74) is 0.0402. The van der Waals surface area contributed by atoms with Gasteiger partial charge in [0.15, 0.2) is 5.03 Å². The summed E-state index contributed by atoms with van der Waals surface area (Å²) in [7, 11) is -2.30. The van der Waals surface area contributed by atoms with E-state index in [1.807, 2.05) is 0 Å². The lowest BCUT2D eigenvalue weighted by Crippen LogP contribution is -2.15. The number of carboxylic acid groups (broad SMARTS) is 1. The number of imidazole rings is 1. The number of anilines is 1. The third-order valence-corrected chi connectivity index (χ3v) is 4.24. The number of aromatic nitrogens is 2. The first-order chi connectivity index (χ1) is 11.3. The van der Waals surface area contributed by atoms with Crippen molar-refractivity contribution in [3.05, 3.63) is 36.3 Å². The summed E-state index contributed by atoms with van der Waals surface area (Å²) in [6.45, 7) is 0.00546. The second kappa shape index (κ2) is 7.32. The monoisotopic (exact) mass is 355 g/mol. The van der Waals surface area contributed by atoms with Crippen LogP contribution in [-0.2, 0) is 17.1 Å². The van der Waals surface area contributed by atoms with Crippen LogP contribution in [0.25, 0.3) is 0 Å². The van der Waals surface area contributed by atoms with Crippen molar-refractivity contribution in [3.8, 4) is 5.75 Å². The summed E-state index contributed by atoms with van der Waals surface area (Å²) < 4.78 is 33.8. The van der Waals surface area contributed by atoms with Gasteiger partial charge in [0.2, 0.25) is 0 Å². The van der Waals surface area contributed by atoms with Gasteiger partial charge in [-0.1, -0.05) is 0 Å². The van der Waals surface area contributed by atoms with E-state index in [1.54, 1.807) is 7.05 Å². The highest BCUT2D eigenvalue weighted by molar-refractivity contribution is 7.92. The molecule has 3 N–H and O–H groups in total. The normalized spacial score (nSPS) is 11.2. The van der Waals surface area contributed by atoms with E-state index in [0.717, 1.165) is 0 Å². The van der Waals surface area contributed by atoms with Crippen LogP contribution in [0.2, 0.25) is 0 Å². The number of nitrogens with one attached hydrogen (secondary N) is 1. The molecule has 0 saturated heterocycles. The van der Waals surface area contributed by atoms with Crippen LogP contribution in [0, 0.1) is 0 Å². The average Bonchev–Trinajstić information content (AvgIpc) is 2.96. The molecular formula is C14H17N3O6S. The third kappa shape index (κ3) is 4.24. The van der Waals surface area contributed by atoms with Crippen molar-refractivity contribution in [3.63, 3.8) is 0 Å². The number of aliphatic hydroxyl groups excluding tert-OH is 1. The van der Waals surface area contributed by atoms with E-state index in [2.05, 4.69) is 9.71 Å². The zero-order valence-electron chi connectivity index (χ0n) is 12.8. The van der Waals surface area contributed by atoms with Gasteiger partial charge in [-0.15, -0.1) is 0 Å². The van der Waals surface area contributed by atoms with E-state index < -0.39 is 16.0 Å². The Morgan fingerprint density at radius 2 is 2.17 bits per heavy atom. The van der Waals surface area contributed by atoms with Crippen molar-refractivity contribution in [1.82, 2.24) is 9.55 Å². The van der Waals surface area contributed by atoms with Gasteiger partial charge in [0, 0.05) is 26.3 Å². The zero-order chi connectivity index (χ0) is 17.7. The molecule has 10 heteroatoms. The van der Waals surface area contributed by atoms with Gasteiger partial charge in [0.05, 0.1) is 24.2 Å².